The molecule has 0 aliphatic carbocycles. The zero-order chi connectivity index (χ0) is 18.4. The molecule has 0 aliphatic heterocycles. The second kappa shape index (κ2) is 8.34. The Balaban J connectivity index is 2.40. The molecule has 0 fully saturated rings. The molecule has 2 N–H and O–H groups in total. The van der Waals surface area contributed by atoms with Gasteiger partial charge < -0.3 is 15.4 Å². The zero-order valence-corrected chi connectivity index (χ0v) is 16.4. The van der Waals surface area contributed by atoms with Gasteiger partial charge in [0.1, 0.15) is 11.6 Å². The van der Waals surface area contributed by atoms with Crippen LogP contribution in [0.15, 0.2) is 30.3 Å². The summed E-state index contributed by atoms with van der Waals surface area (Å²) < 4.78 is 5.65. The molecule has 0 radical (unpaired) electrons. The fourth-order valence-corrected chi connectivity index (χ4v) is 2.76. The van der Waals surface area contributed by atoms with Crippen LogP contribution in [-0.4, -0.2) is 25.7 Å². The Hall–Kier alpha value is -2.07. The highest BCUT2D eigenvalue weighted by molar-refractivity contribution is 5.70. The number of aryl methyl sites for hydroxylation is 1. The van der Waals surface area contributed by atoms with E-state index in [1.165, 1.54) is 11.1 Å². The summed E-state index contributed by atoms with van der Waals surface area (Å²) in [5.74, 6) is 1.76. The van der Waals surface area contributed by atoms with E-state index in [2.05, 4.69) is 50.5 Å². The van der Waals surface area contributed by atoms with Gasteiger partial charge in [0, 0.05) is 18.7 Å². The Labute approximate surface area is 152 Å². The lowest BCUT2D eigenvalue weighted by Gasteiger charge is -2.20. The summed E-state index contributed by atoms with van der Waals surface area (Å²) in [7, 11) is 3.68. The minimum atomic E-state index is 0.208. The SMILES string of the molecule is CCc1cc(-c2cccc(NCC(C)(C)C)n2)c(OC)cc1CNC. The van der Waals surface area contributed by atoms with Crippen LogP contribution in [0.2, 0.25) is 0 Å². The molecule has 0 spiro atoms. The summed E-state index contributed by atoms with van der Waals surface area (Å²) in [5, 5.41) is 6.66. The molecule has 2 aromatic rings. The minimum absolute atomic E-state index is 0.208. The van der Waals surface area contributed by atoms with Crippen LogP contribution in [0.5, 0.6) is 5.75 Å². The van der Waals surface area contributed by atoms with E-state index >= 15 is 0 Å². The van der Waals surface area contributed by atoms with Crippen LogP contribution in [0, 0.1) is 5.41 Å². The smallest absolute Gasteiger partial charge is 0.128 e. The lowest BCUT2D eigenvalue weighted by Crippen LogP contribution is -2.19. The highest BCUT2D eigenvalue weighted by atomic mass is 16.5. The van der Waals surface area contributed by atoms with Gasteiger partial charge in [-0.3, -0.25) is 0 Å². The van der Waals surface area contributed by atoms with Crippen LogP contribution in [0.1, 0.15) is 38.8 Å². The maximum Gasteiger partial charge on any atom is 0.128 e. The summed E-state index contributed by atoms with van der Waals surface area (Å²) in [6.45, 7) is 10.5. The van der Waals surface area contributed by atoms with Crippen molar-refractivity contribution in [3.63, 3.8) is 0 Å². The van der Waals surface area contributed by atoms with Gasteiger partial charge in [0.2, 0.25) is 0 Å². The van der Waals surface area contributed by atoms with Crippen molar-refractivity contribution in [3.05, 3.63) is 41.5 Å². The molecule has 0 saturated heterocycles. The predicted molar refractivity (Wildman–Crippen MR) is 106 cm³/mol. The number of ether oxygens (including phenoxy) is 1. The summed E-state index contributed by atoms with van der Waals surface area (Å²) >= 11 is 0. The zero-order valence-electron chi connectivity index (χ0n) is 16.4. The molecule has 136 valence electrons. The molecule has 1 aromatic carbocycles. The molecule has 0 atom stereocenters. The summed E-state index contributed by atoms with van der Waals surface area (Å²) in [6, 6.07) is 10.4. The van der Waals surface area contributed by atoms with Crippen LogP contribution >= 0.6 is 0 Å². The number of aromatic nitrogens is 1. The van der Waals surface area contributed by atoms with Crippen LogP contribution in [0.25, 0.3) is 11.3 Å². The van der Waals surface area contributed by atoms with Crippen molar-refractivity contribution < 1.29 is 4.74 Å². The summed E-state index contributed by atoms with van der Waals surface area (Å²) in [5.41, 5.74) is 4.77. The average Bonchev–Trinajstić information content (AvgIpc) is 2.59. The third kappa shape index (κ3) is 5.20. The largest absolute Gasteiger partial charge is 0.496 e. The molecule has 0 saturated carbocycles. The fourth-order valence-electron chi connectivity index (χ4n) is 2.76. The Kier molecular flexibility index (Phi) is 6.43. The Morgan fingerprint density at radius 1 is 1.12 bits per heavy atom. The molecule has 2 rings (SSSR count). The molecule has 25 heavy (non-hydrogen) atoms. The lowest BCUT2D eigenvalue weighted by molar-refractivity contribution is 0.415. The van der Waals surface area contributed by atoms with Crippen LogP contribution < -0.4 is 15.4 Å². The van der Waals surface area contributed by atoms with Crippen molar-refractivity contribution >= 4 is 5.82 Å². The van der Waals surface area contributed by atoms with Gasteiger partial charge in [-0.15, -0.1) is 0 Å². The molecule has 0 bridgehead atoms. The van der Waals surface area contributed by atoms with Crippen molar-refractivity contribution in [2.45, 2.75) is 40.7 Å². The molecule has 0 aliphatic rings. The summed E-state index contributed by atoms with van der Waals surface area (Å²) in [4.78, 5) is 4.80. The van der Waals surface area contributed by atoms with Crippen LogP contribution in [-0.2, 0) is 13.0 Å². The molecule has 4 nitrogen and oxygen atoms in total. The number of rotatable bonds is 7. The first-order valence-corrected chi connectivity index (χ1v) is 8.93. The monoisotopic (exact) mass is 341 g/mol. The van der Waals surface area contributed by atoms with E-state index in [1.54, 1.807) is 7.11 Å². The number of hydrogen-bond acceptors (Lipinski definition) is 4. The second-order valence-corrected chi connectivity index (χ2v) is 7.53. The van der Waals surface area contributed by atoms with Crippen molar-refractivity contribution in [2.75, 3.05) is 26.0 Å². The summed E-state index contributed by atoms with van der Waals surface area (Å²) in [6.07, 6.45) is 0.982. The lowest BCUT2D eigenvalue weighted by atomic mass is 9.97. The minimum Gasteiger partial charge on any atom is -0.496 e. The Morgan fingerprint density at radius 3 is 2.48 bits per heavy atom. The topological polar surface area (TPSA) is 46.2 Å². The highest BCUT2D eigenvalue weighted by Gasteiger charge is 2.14. The Bertz CT molecular complexity index is 705. The van der Waals surface area contributed by atoms with Gasteiger partial charge in [-0.1, -0.05) is 33.8 Å². The van der Waals surface area contributed by atoms with E-state index in [0.29, 0.717) is 0 Å². The van der Waals surface area contributed by atoms with Gasteiger partial charge in [0.25, 0.3) is 0 Å². The normalized spacial score (nSPS) is 11.4. The molecular weight excluding hydrogens is 310 g/mol. The van der Waals surface area contributed by atoms with E-state index in [4.69, 9.17) is 9.72 Å². The van der Waals surface area contributed by atoms with Gasteiger partial charge in [0.15, 0.2) is 0 Å². The highest BCUT2D eigenvalue weighted by Crippen LogP contribution is 2.33. The second-order valence-electron chi connectivity index (χ2n) is 7.53. The van der Waals surface area contributed by atoms with Crippen molar-refractivity contribution in [3.8, 4) is 17.0 Å². The van der Waals surface area contributed by atoms with Gasteiger partial charge in [-0.25, -0.2) is 4.98 Å². The number of methoxy groups -OCH3 is 1. The number of pyridine rings is 1. The first-order valence-electron chi connectivity index (χ1n) is 8.93. The molecule has 4 heteroatoms. The number of nitrogens with zero attached hydrogens (tertiary/aromatic N) is 1. The molecule has 0 amide bonds. The average molecular weight is 341 g/mol. The quantitative estimate of drug-likeness (QED) is 0.778. The molecule has 1 heterocycles. The van der Waals surface area contributed by atoms with E-state index in [1.807, 2.05) is 25.2 Å². The van der Waals surface area contributed by atoms with Crippen molar-refractivity contribution in [1.82, 2.24) is 10.3 Å². The van der Waals surface area contributed by atoms with Gasteiger partial charge >= 0.3 is 0 Å². The maximum atomic E-state index is 5.65. The first-order chi connectivity index (χ1) is 11.9. The van der Waals surface area contributed by atoms with E-state index < -0.39 is 0 Å². The molecular formula is C21H31N3O. The number of benzene rings is 1. The van der Waals surface area contributed by atoms with Crippen LogP contribution in [0.4, 0.5) is 5.82 Å². The third-order valence-electron chi connectivity index (χ3n) is 4.09. The standard InChI is InChI=1S/C21H31N3O/c1-7-15-11-17(19(25-6)12-16(15)13-22-5)18-9-8-10-20(24-18)23-14-21(2,3)4/h8-12,22H,7,13-14H2,1-6H3,(H,23,24). The molecule has 1 aromatic heterocycles. The first kappa shape index (κ1) is 19.3. The van der Waals surface area contributed by atoms with Crippen molar-refractivity contribution in [1.29, 1.82) is 0 Å². The maximum absolute atomic E-state index is 5.65. The van der Waals surface area contributed by atoms with Crippen molar-refractivity contribution in [2.24, 2.45) is 5.41 Å². The van der Waals surface area contributed by atoms with E-state index in [-0.39, 0.29) is 5.41 Å². The number of anilines is 1. The van der Waals surface area contributed by atoms with Crippen LogP contribution in [0.3, 0.4) is 0 Å². The van der Waals surface area contributed by atoms with Gasteiger partial charge in [-0.2, -0.15) is 0 Å². The fraction of sp³-hybridized carbons (Fsp3) is 0.476. The number of nitrogens with one attached hydrogen (secondary N) is 2. The third-order valence-corrected chi connectivity index (χ3v) is 4.09. The van der Waals surface area contributed by atoms with E-state index in [9.17, 15) is 0 Å². The molecule has 0 unspecified atom stereocenters. The van der Waals surface area contributed by atoms with Gasteiger partial charge in [0.05, 0.1) is 12.8 Å². The van der Waals surface area contributed by atoms with E-state index in [0.717, 1.165) is 42.3 Å². The van der Waals surface area contributed by atoms with Gasteiger partial charge in [-0.05, 0) is 54.3 Å². The Morgan fingerprint density at radius 2 is 1.88 bits per heavy atom. The number of hydrogen-bond donors (Lipinski definition) is 2. The predicted octanol–water partition coefficient (Wildman–Crippen LogP) is 4.50.